The van der Waals surface area contributed by atoms with Crippen LogP contribution in [0.25, 0.3) is 0 Å². The number of nitrogens with zero attached hydrogens (tertiary/aromatic N) is 2. The summed E-state index contributed by atoms with van der Waals surface area (Å²) in [5.41, 5.74) is 1.59. The van der Waals surface area contributed by atoms with Crippen LogP contribution in [-0.2, 0) is 6.54 Å². The number of hydrogen-bond acceptors (Lipinski definition) is 3. The third-order valence-corrected chi connectivity index (χ3v) is 4.73. The van der Waals surface area contributed by atoms with Crippen molar-refractivity contribution >= 4 is 35.8 Å². The Kier molecular flexibility index (Phi) is 11.5. The highest BCUT2D eigenvalue weighted by atomic mass is 127. The number of aliphatic imine (C=N–C) groups is 1. The quantitative estimate of drug-likeness (QED) is 0.205. The predicted octanol–water partition coefficient (Wildman–Crippen LogP) is 3.14. The summed E-state index contributed by atoms with van der Waals surface area (Å²) < 4.78 is 37.5. The second-order valence-corrected chi connectivity index (χ2v) is 7.21. The lowest BCUT2D eigenvalue weighted by Crippen LogP contribution is -2.44. The number of amides is 1. The third-order valence-electron chi connectivity index (χ3n) is 4.73. The molecule has 1 atom stereocenters. The molecular weight excluding hydrogens is 510 g/mol. The molecule has 1 aromatic rings. The lowest BCUT2D eigenvalue weighted by molar-refractivity contribution is -0.143. The molecule has 1 aliphatic heterocycles. The fraction of sp³-hybridized carbons (Fsp3) is 0.600. The molecule has 2 rings (SSSR count). The minimum Gasteiger partial charge on any atom is -0.352 e. The maximum atomic E-state index is 12.5. The largest absolute Gasteiger partial charge is 0.401 e. The number of benzene rings is 1. The van der Waals surface area contributed by atoms with Gasteiger partial charge in [0.25, 0.3) is 5.91 Å². The Labute approximate surface area is 193 Å². The SMILES string of the molecule is CCCCNC(=O)c1ccc(CNC(=NC)NC2CCN(CC(F)(F)F)C2)cc1.I. The van der Waals surface area contributed by atoms with Gasteiger partial charge in [-0.05, 0) is 30.5 Å². The van der Waals surface area contributed by atoms with E-state index in [-0.39, 0.29) is 35.9 Å². The van der Waals surface area contributed by atoms with Gasteiger partial charge in [-0.3, -0.25) is 14.7 Å². The van der Waals surface area contributed by atoms with E-state index in [1.807, 2.05) is 12.1 Å². The molecule has 1 aromatic carbocycles. The summed E-state index contributed by atoms with van der Waals surface area (Å²) >= 11 is 0. The standard InChI is InChI=1S/C20H30F3N5O.HI/c1-3-4-10-25-18(29)16-7-5-15(6-8-16)12-26-19(24-2)27-17-9-11-28(13-17)14-20(21,22)23;/h5-8,17H,3-4,9-14H2,1-2H3,(H,25,29)(H2,24,26,27);1H. The highest BCUT2D eigenvalue weighted by Crippen LogP contribution is 2.19. The van der Waals surface area contributed by atoms with Gasteiger partial charge in [-0.1, -0.05) is 25.5 Å². The van der Waals surface area contributed by atoms with Gasteiger partial charge in [0.1, 0.15) is 0 Å². The van der Waals surface area contributed by atoms with Gasteiger partial charge in [0.05, 0.1) is 6.54 Å². The Morgan fingerprint density at radius 2 is 1.93 bits per heavy atom. The molecule has 1 unspecified atom stereocenters. The van der Waals surface area contributed by atoms with Gasteiger partial charge in [0.2, 0.25) is 0 Å². The first-order valence-electron chi connectivity index (χ1n) is 9.94. The maximum absolute atomic E-state index is 12.5. The number of carbonyl (C=O) groups excluding carboxylic acids is 1. The molecule has 0 aliphatic carbocycles. The van der Waals surface area contributed by atoms with Crippen LogP contribution in [0, 0.1) is 0 Å². The zero-order valence-electron chi connectivity index (χ0n) is 17.4. The molecule has 1 fully saturated rings. The molecule has 1 aliphatic rings. The Hall–Kier alpha value is -1.56. The van der Waals surface area contributed by atoms with E-state index in [1.165, 1.54) is 4.90 Å². The smallest absolute Gasteiger partial charge is 0.352 e. The number of carbonyl (C=O) groups is 1. The lowest BCUT2D eigenvalue weighted by atomic mass is 10.1. The number of unbranched alkanes of at least 4 members (excludes halogenated alkanes) is 1. The summed E-state index contributed by atoms with van der Waals surface area (Å²) in [4.78, 5) is 17.6. The van der Waals surface area contributed by atoms with Crippen LogP contribution >= 0.6 is 24.0 Å². The lowest BCUT2D eigenvalue weighted by Gasteiger charge is -2.20. The van der Waals surface area contributed by atoms with Crippen molar-refractivity contribution < 1.29 is 18.0 Å². The van der Waals surface area contributed by atoms with Crippen LogP contribution in [0.3, 0.4) is 0 Å². The molecule has 10 heteroatoms. The van der Waals surface area contributed by atoms with E-state index in [2.05, 4.69) is 27.9 Å². The van der Waals surface area contributed by atoms with Crippen molar-refractivity contribution in [2.24, 2.45) is 4.99 Å². The molecule has 0 radical (unpaired) electrons. The molecule has 1 heterocycles. The minimum absolute atomic E-state index is 0. The first-order valence-corrected chi connectivity index (χ1v) is 9.94. The normalized spacial score (nSPS) is 17.4. The van der Waals surface area contributed by atoms with Gasteiger partial charge in [-0.15, -0.1) is 24.0 Å². The molecule has 1 amide bonds. The monoisotopic (exact) mass is 541 g/mol. The van der Waals surface area contributed by atoms with Crippen LogP contribution in [0.1, 0.15) is 42.1 Å². The summed E-state index contributed by atoms with van der Waals surface area (Å²) in [7, 11) is 1.63. The molecule has 170 valence electrons. The molecule has 0 aromatic heterocycles. The van der Waals surface area contributed by atoms with Crippen LogP contribution in [0.4, 0.5) is 13.2 Å². The summed E-state index contributed by atoms with van der Waals surface area (Å²) in [6, 6.07) is 7.23. The van der Waals surface area contributed by atoms with Crippen molar-refractivity contribution in [2.45, 2.75) is 44.9 Å². The van der Waals surface area contributed by atoms with Crippen molar-refractivity contribution in [2.75, 3.05) is 33.2 Å². The zero-order valence-corrected chi connectivity index (χ0v) is 19.7. The van der Waals surface area contributed by atoms with E-state index in [1.54, 1.807) is 19.2 Å². The molecule has 0 saturated carbocycles. The highest BCUT2D eigenvalue weighted by molar-refractivity contribution is 14.0. The number of nitrogens with one attached hydrogen (secondary N) is 3. The van der Waals surface area contributed by atoms with Crippen LogP contribution in [0.2, 0.25) is 0 Å². The fourth-order valence-corrected chi connectivity index (χ4v) is 3.18. The molecule has 30 heavy (non-hydrogen) atoms. The summed E-state index contributed by atoms with van der Waals surface area (Å²) in [6.45, 7) is 3.11. The van der Waals surface area contributed by atoms with Crippen molar-refractivity contribution in [3.05, 3.63) is 35.4 Å². The minimum atomic E-state index is -4.17. The van der Waals surface area contributed by atoms with Gasteiger partial charge in [-0.2, -0.15) is 13.2 Å². The molecule has 6 nitrogen and oxygen atoms in total. The van der Waals surface area contributed by atoms with Crippen LogP contribution < -0.4 is 16.0 Å². The predicted molar refractivity (Wildman–Crippen MR) is 123 cm³/mol. The number of halogens is 4. The molecular formula is C20H31F3IN5O. The van der Waals surface area contributed by atoms with Gasteiger partial charge in [-0.25, -0.2) is 0 Å². The van der Waals surface area contributed by atoms with Crippen LogP contribution in [0.5, 0.6) is 0 Å². The van der Waals surface area contributed by atoms with Gasteiger partial charge in [0.15, 0.2) is 5.96 Å². The highest BCUT2D eigenvalue weighted by Gasteiger charge is 2.34. The van der Waals surface area contributed by atoms with Crippen LogP contribution in [0.15, 0.2) is 29.3 Å². The Balaban J connectivity index is 0.00000450. The average molecular weight is 541 g/mol. The van der Waals surface area contributed by atoms with Gasteiger partial charge in [0, 0.05) is 44.8 Å². The van der Waals surface area contributed by atoms with E-state index in [4.69, 9.17) is 0 Å². The Morgan fingerprint density at radius 3 is 2.53 bits per heavy atom. The average Bonchev–Trinajstić information content (AvgIpc) is 3.10. The van der Waals surface area contributed by atoms with E-state index < -0.39 is 12.7 Å². The molecule has 3 N–H and O–H groups in total. The third kappa shape index (κ3) is 9.50. The van der Waals surface area contributed by atoms with Gasteiger partial charge < -0.3 is 16.0 Å². The number of hydrogen-bond donors (Lipinski definition) is 3. The van der Waals surface area contributed by atoms with E-state index in [9.17, 15) is 18.0 Å². The summed E-state index contributed by atoms with van der Waals surface area (Å²) in [5.74, 6) is 0.463. The second kappa shape index (κ2) is 13.0. The van der Waals surface area contributed by atoms with Crippen LogP contribution in [-0.4, -0.2) is 62.2 Å². The number of alkyl halides is 3. The number of guanidine groups is 1. The first kappa shape index (κ1) is 26.5. The van der Waals surface area contributed by atoms with Gasteiger partial charge >= 0.3 is 6.18 Å². The topological polar surface area (TPSA) is 68.8 Å². The Morgan fingerprint density at radius 1 is 1.23 bits per heavy atom. The Bertz CT molecular complexity index is 682. The van der Waals surface area contributed by atoms with E-state index in [0.29, 0.717) is 44.1 Å². The van der Waals surface area contributed by atoms with E-state index in [0.717, 1.165) is 18.4 Å². The number of likely N-dealkylation sites (tertiary alicyclic amines) is 1. The maximum Gasteiger partial charge on any atom is 0.401 e. The second-order valence-electron chi connectivity index (χ2n) is 7.21. The summed E-state index contributed by atoms with van der Waals surface area (Å²) in [6.07, 6.45) is -1.55. The summed E-state index contributed by atoms with van der Waals surface area (Å²) in [5, 5.41) is 9.22. The number of rotatable bonds is 8. The van der Waals surface area contributed by atoms with Crippen molar-refractivity contribution in [3.8, 4) is 0 Å². The molecule has 1 saturated heterocycles. The molecule has 0 spiro atoms. The molecule has 0 bridgehead atoms. The fourth-order valence-electron chi connectivity index (χ4n) is 3.18. The van der Waals surface area contributed by atoms with Crippen molar-refractivity contribution in [1.29, 1.82) is 0 Å². The zero-order chi connectivity index (χ0) is 21.3. The van der Waals surface area contributed by atoms with E-state index >= 15 is 0 Å². The van der Waals surface area contributed by atoms with Crippen molar-refractivity contribution in [1.82, 2.24) is 20.9 Å². The van der Waals surface area contributed by atoms with Crippen molar-refractivity contribution in [3.63, 3.8) is 0 Å². The first-order chi connectivity index (χ1) is 13.8.